The Bertz CT molecular complexity index is 1120. The lowest BCUT2D eigenvalue weighted by Gasteiger charge is -2.38. The maximum atomic E-state index is 5.63. The van der Waals surface area contributed by atoms with E-state index in [0.29, 0.717) is 6.04 Å². The Morgan fingerprint density at radius 3 is 2.35 bits per heavy atom. The third-order valence-corrected chi connectivity index (χ3v) is 6.01. The lowest BCUT2D eigenvalue weighted by atomic mass is 9.95. The molecule has 1 saturated carbocycles. The molecule has 6 nitrogen and oxygen atoms in total. The molecule has 2 aromatic carbocycles. The van der Waals surface area contributed by atoms with Crippen LogP contribution in [0.15, 0.2) is 59.7 Å². The molecule has 2 heterocycles. The molecule has 0 saturated heterocycles. The Morgan fingerprint density at radius 2 is 1.71 bits per heavy atom. The number of fused-ring (bicyclic) bond motifs is 1. The van der Waals surface area contributed by atoms with Crippen molar-refractivity contribution in [2.24, 2.45) is 4.99 Å². The smallest absolute Gasteiger partial charge is 0.161 e. The van der Waals surface area contributed by atoms with Crippen molar-refractivity contribution < 1.29 is 9.47 Å². The molecule has 2 aliphatic rings. The minimum Gasteiger partial charge on any atom is -0.493 e. The number of ether oxygens (including phenoxy) is 2. The van der Waals surface area contributed by atoms with Gasteiger partial charge in [0.2, 0.25) is 0 Å². The van der Waals surface area contributed by atoms with Crippen LogP contribution < -0.4 is 9.47 Å². The SMILES string of the molecule is COc1ccc(C2c3cnn(C(C)C)c3N=C(c3ccccc3)N2C2CC2)cc1OC. The minimum absolute atomic E-state index is 0.0162. The molecule has 0 amide bonds. The zero-order valence-electron chi connectivity index (χ0n) is 18.4. The number of nitrogens with zero attached hydrogens (tertiary/aromatic N) is 4. The van der Waals surface area contributed by atoms with E-state index >= 15 is 0 Å². The molecule has 31 heavy (non-hydrogen) atoms. The Labute approximate surface area is 183 Å². The molecule has 0 spiro atoms. The van der Waals surface area contributed by atoms with Crippen molar-refractivity contribution in [3.05, 3.63) is 71.4 Å². The molecule has 5 rings (SSSR count). The van der Waals surface area contributed by atoms with Crippen molar-refractivity contribution in [2.75, 3.05) is 14.2 Å². The summed E-state index contributed by atoms with van der Waals surface area (Å²) >= 11 is 0. The van der Waals surface area contributed by atoms with Gasteiger partial charge in [-0.3, -0.25) is 0 Å². The van der Waals surface area contributed by atoms with E-state index in [2.05, 4.69) is 55.1 Å². The third-order valence-electron chi connectivity index (χ3n) is 6.01. The number of amidine groups is 1. The van der Waals surface area contributed by atoms with Gasteiger partial charge in [-0.05, 0) is 44.4 Å². The van der Waals surface area contributed by atoms with Gasteiger partial charge in [0.05, 0.1) is 26.5 Å². The summed E-state index contributed by atoms with van der Waals surface area (Å²) in [4.78, 5) is 7.66. The number of methoxy groups -OCH3 is 2. The number of aliphatic imine (C=N–C) groups is 1. The van der Waals surface area contributed by atoms with Crippen LogP contribution in [0.25, 0.3) is 0 Å². The number of rotatable bonds is 6. The Hall–Kier alpha value is -3.28. The zero-order chi connectivity index (χ0) is 21.5. The molecule has 0 bridgehead atoms. The van der Waals surface area contributed by atoms with E-state index in [1.165, 1.54) is 12.8 Å². The molecular formula is C25H28N4O2. The average molecular weight is 417 g/mol. The van der Waals surface area contributed by atoms with Crippen LogP contribution in [-0.4, -0.2) is 40.8 Å². The van der Waals surface area contributed by atoms with Crippen LogP contribution in [0, 0.1) is 0 Å². The normalized spacial score (nSPS) is 18.0. The molecule has 1 aliphatic heterocycles. The average Bonchev–Trinajstić information content (AvgIpc) is 3.55. The summed E-state index contributed by atoms with van der Waals surface area (Å²) in [6.07, 6.45) is 4.32. The van der Waals surface area contributed by atoms with Crippen LogP contribution in [0.1, 0.15) is 55.5 Å². The quantitative estimate of drug-likeness (QED) is 0.559. The van der Waals surface area contributed by atoms with Crippen molar-refractivity contribution in [3.8, 4) is 11.5 Å². The number of benzene rings is 2. The maximum absolute atomic E-state index is 5.63. The van der Waals surface area contributed by atoms with Crippen LogP contribution in [0.4, 0.5) is 5.82 Å². The van der Waals surface area contributed by atoms with E-state index in [1.54, 1.807) is 14.2 Å². The van der Waals surface area contributed by atoms with E-state index in [-0.39, 0.29) is 12.1 Å². The number of aromatic nitrogens is 2. The molecule has 1 fully saturated rings. The molecule has 1 aliphatic carbocycles. The van der Waals surface area contributed by atoms with Crippen LogP contribution in [0.2, 0.25) is 0 Å². The van der Waals surface area contributed by atoms with Gasteiger partial charge in [0.25, 0.3) is 0 Å². The first-order chi connectivity index (χ1) is 15.1. The van der Waals surface area contributed by atoms with Crippen LogP contribution in [0.3, 0.4) is 0 Å². The summed E-state index contributed by atoms with van der Waals surface area (Å²) in [6, 6.07) is 17.4. The maximum Gasteiger partial charge on any atom is 0.161 e. The minimum atomic E-state index is 0.0162. The van der Waals surface area contributed by atoms with Gasteiger partial charge in [-0.2, -0.15) is 5.10 Å². The molecule has 1 aromatic heterocycles. The van der Waals surface area contributed by atoms with Crippen molar-refractivity contribution in [1.29, 1.82) is 0 Å². The first-order valence-corrected chi connectivity index (χ1v) is 10.8. The van der Waals surface area contributed by atoms with Gasteiger partial charge in [-0.25, -0.2) is 9.67 Å². The third kappa shape index (κ3) is 3.36. The summed E-state index contributed by atoms with van der Waals surface area (Å²) in [5.74, 6) is 3.41. The molecule has 3 aromatic rings. The summed E-state index contributed by atoms with van der Waals surface area (Å²) in [7, 11) is 3.35. The molecule has 0 N–H and O–H groups in total. The standard InChI is InChI=1S/C25H28N4O2/c1-16(2)29-25-20(15-26-29)23(18-10-13-21(30-3)22(14-18)31-4)28(19-11-12-19)24(27-25)17-8-6-5-7-9-17/h5-10,13-16,19,23H,11-12H2,1-4H3. The molecule has 0 radical (unpaired) electrons. The number of hydrogen-bond acceptors (Lipinski definition) is 5. The van der Waals surface area contributed by atoms with E-state index in [1.807, 2.05) is 23.0 Å². The van der Waals surface area contributed by atoms with Crippen molar-refractivity contribution >= 4 is 11.7 Å². The van der Waals surface area contributed by atoms with Crippen molar-refractivity contribution in [1.82, 2.24) is 14.7 Å². The van der Waals surface area contributed by atoms with Gasteiger partial charge < -0.3 is 14.4 Å². The molecule has 160 valence electrons. The van der Waals surface area contributed by atoms with Gasteiger partial charge in [0.1, 0.15) is 5.84 Å². The zero-order valence-corrected chi connectivity index (χ0v) is 18.4. The topological polar surface area (TPSA) is 51.9 Å². The highest BCUT2D eigenvalue weighted by atomic mass is 16.5. The van der Waals surface area contributed by atoms with E-state index in [4.69, 9.17) is 19.6 Å². The van der Waals surface area contributed by atoms with Gasteiger partial charge >= 0.3 is 0 Å². The second-order valence-corrected chi connectivity index (χ2v) is 8.42. The lowest BCUT2D eigenvalue weighted by Crippen LogP contribution is -2.40. The number of hydrogen-bond donors (Lipinski definition) is 0. The van der Waals surface area contributed by atoms with Gasteiger partial charge in [0, 0.05) is 23.2 Å². The largest absolute Gasteiger partial charge is 0.493 e. The molecule has 1 atom stereocenters. The van der Waals surface area contributed by atoms with E-state index in [0.717, 1.165) is 39.8 Å². The van der Waals surface area contributed by atoms with E-state index < -0.39 is 0 Å². The van der Waals surface area contributed by atoms with Crippen LogP contribution >= 0.6 is 0 Å². The highest BCUT2D eigenvalue weighted by Crippen LogP contribution is 2.47. The van der Waals surface area contributed by atoms with Crippen LogP contribution in [-0.2, 0) is 0 Å². The second-order valence-electron chi connectivity index (χ2n) is 8.42. The summed E-state index contributed by atoms with van der Waals surface area (Å²) in [6.45, 7) is 4.29. The summed E-state index contributed by atoms with van der Waals surface area (Å²) in [5, 5.41) is 4.72. The monoisotopic (exact) mass is 416 g/mol. The van der Waals surface area contributed by atoms with Crippen molar-refractivity contribution in [2.45, 2.75) is 44.8 Å². The summed E-state index contributed by atoms with van der Waals surface area (Å²) in [5.41, 5.74) is 3.41. The Kier molecular flexibility index (Phi) is 4.93. The molecular weight excluding hydrogens is 388 g/mol. The van der Waals surface area contributed by atoms with Gasteiger partial charge in [-0.1, -0.05) is 36.4 Å². The fourth-order valence-electron chi connectivity index (χ4n) is 4.39. The predicted octanol–water partition coefficient (Wildman–Crippen LogP) is 5.13. The van der Waals surface area contributed by atoms with Gasteiger partial charge in [0.15, 0.2) is 17.3 Å². The first kappa shape index (κ1) is 19.7. The molecule has 1 unspecified atom stereocenters. The van der Waals surface area contributed by atoms with Gasteiger partial charge in [-0.15, -0.1) is 0 Å². The van der Waals surface area contributed by atoms with Crippen LogP contribution in [0.5, 0.6) is 11.5 Å². The predicted molar refractivity (Wildman–Crippen MR) is 122 cm³/mol. The highest BCUT2D eigenvalue weighted by molar-refractivity contribution is 6.02. The fraction of sp³-hybridized carbons (Fsp3) is 0.360. The van der Waals surface area contributed by atoms with E-state index in [9.17, 15) is 0 Å². The fourth-order valence-corrected chi connectivity index (χ4v) is 4.39. The Balaban J connectivity index is 1.73. The first-order valence-electron chi connectivity index (χ1n) is 10.8. The van der Waals surface area contributed by atoms with Crippen molar-refractivity contribution in [3.63, 3.8) is 0 Å². The second kappa shape index (κ2) is 7.76. The summed E-state index contributed by atoms with van der Waals surface area (Å²) < 4.78 is 13.1. The molecule has 6 heteroatoms. The highest BCUT2D eigenvalue weighted by Gasteiger charge is 2.42. The lowest BCUT2D eigenvalue weighted by molar-refractivity contribution is 0.334. The Morgan fingerprint density at radius 1 is 0.968 bits per heavy atom.